The van der Waals surface area contributed by atoms with Gasteiger partial charge in [-0.05, 0) is 64.3 Å². The molecule has 9 heteroatoms. The molecule has 3 atom stereocenters. The SMILES string of the molecule is CC1(C)C[C@@H](Nc2nc(Nc3ccc(O[C@@H]4CCOC4)c(C#N)c3)ncc2F)C[C@@H]2CCCN21. The molecule has 0 radical (unpaired) electrons. The summed E-state index contributed by atoms with van der Waals surface area (Å²) in [5.41, 5.74) is 1.11. The van der Waals surface area contributed by atoms with E-state index < -0.39 is 5.82 Å². The Morgan fingerprint density at radius 3 is 3.00 bits per heavy atom. The molecule has 8 nitrogen and oxygen atoms in total. The lowest BCUT2D eigenvalue weighted by Gasteiger charge is -2.47. The van der Waals surface area contributed by atoms with Crippen LogP contribution in [0.2, 0.25) is 0 Å². The number of hydrogen-bond donors (Lipinski definition) is 2. The molecule has 2 aromatic rings. The Morgan fingerprint density at radius 1 is 1.32 bits per heavy atom. The van der Waals surface area contributed by atoms with Crippen LogP contribution in [-0.4, -0.2) is 58.4 Å². The average Bonchev–Trinajstić information content (AvgIpc) is 3.49. The van der Waals surface area contributed by atoms with Crippen LogP contribution < -0.4 is 15.4 Å². The van der Waals surface area contributed by atoms with Crippen LogP contribution in [0, 0.1) is 17.1 Å². The van der Waals surface area contributed by atoms with Gasteiger partial charge in [-0.15, -0.1) is 0 Å². The van der Waals surface area contributed by atoms with E-state index in [0.29, 0.717) is 36.3 Å². The topological polar surface area (TPSA) is 95.3 Å². The first-order chi connectivity index (χ1) is 16.4. The zero-order valence-corrected chi connectivity index (χ0v) is 19.7. The number of rotatable bonds is 6. The fraction of sp³-hybridized carbons (Fsp3) is 0.560. The van der Waals surface area contributed by atoms with Crippen LogP contribution in [-0.2, 0) is 4.74 Å². The highest BCUT2D eigenvalue weighted by atomic mass is 19.1. The minimum absolute atomic E-state index is 0.0407. The highest BCUT2D eigenvalue weighted by Gasteiger charge is 2.43. The summed E-state index contributed by atoms with van der Waals surface area (Å²) in [4.78, 5) is 11.1. The lowest BCUT2D eigenvalue weighted by atomic mass is 9.84. The van der Waals surface area contributed by atoms with Crippen molar-refractivity contribution in [2.75, 3.05) is 30.4 Å². The van der Waals surface area contributed by atoms with Crippen LogP contribution in [0.5, 0.6) is 5.75 Å². The Kier molecular flexibility index (Phi) is 6.28. The summed E-state index contributed by atoms with van der Waals surface area (Å²) in [6.07, 6.45) is 6.26. The molecule has 2 N–H and O–H groups in total. The van der Waals surface area contributed by atoms with Crippen molar-refractivity contribution < 1.29 is 13.9 Å². The standard InChI is InChI=1S/C25H31FN6O2/c1-25(2)12-18(11-19-4-3-8-32(19)25)29-23-21(26)14-28-24(31-23)30-17-5-6-22(16(10-17)13-27)34-20-7-9-33-15-20/h5-6,10,14,18-20H,3-4,7-9,11-12,15H2,1-2H3,(H2,28,29,30,31)/t18-,19-,20+/m0/s1. The molecule has 0 saturated carbocycles. The number of nitriles is 1. The maximum Gasteiger partial charge on any atom is 0.229 e. The van der Waals surface area contributed by atoms with Gasteiger partial charge >= 0.3 is 0 Å². The Hall–Kier alpha value is -2.96. The van der Waals surface area contributed by atoms with Gasteiger partial charge in [0.05, 0.1) is 25.0 Å². The van der Waals surface area contributed by atoms with E-state index >= 15 is 0 Å². The van der Waals surface area contributed by atoms with Gasteiger partial charge in [-0.25, -0.2) is 9.37 Å². The van der Waals surface area contributed by atoms with Gasteiger partial charge in [0.2, 0.25) is 5.95 Å². The van der Waals surface area contributed by atoms with E-state index in [-0.39, 0.29) is 29.5 Å². The third-order valence-electron chi connectivity index (χ3n) is 7.08. The second-order valence-electron chi connectivity index (χ2n) is 10.0. The van der Waals surface area contributed by atoms with Crippen LogP contribution in [0.15, 0.2) is 24.4 Å². The monoisotopic (exact) mass is 466 g/mol. The predicted molar refractivity (Wildman–Crippen MR) is 127 cm³/mol. The van der Waals surface area contributed by atoms with Crippen LogP contribution >= 0.6 is 0 Å². The molecule has 0 amide bonds. The van der Waals surface area contributed by atoms with Crippen LogP contribution in [0.25, 0.3) is 0 Å². The number of nitrogens with one attached hydrogen (secondary N) is 2. The zero-order valence-electron chi connectivity index (χ0n) is 19.7. The molecular formula is C25H31FN6O2. The van der Waals surface area contributed by atoms with Gasteiger partial charge in [0.25, 0.3) is 0 Å². The maximum absolute atomic E-state index is 14.6. The van der Waals surface area contributed by atoms with Gasteiger partial charge in [0.15, 0.2) is 11.6 Å². The number of piperidine rings is 1. The first-order valence-corrected chi connectivity index (χ1v) is 12.0. The molecule has 3 fully saturated rings. The summed E-state index contributed by atoms with van der Waals surface area (Å²) in [5.74, 6) is 0.513. The van der Waals surface area contributed by atoms with Gasteiger partial charge in [-0.3, -0.25) is 4.90 Å². The van der Waals surface area contributed by atoms with Crippen molar-refractivity contribution in [2.45, 2.75) is 69.7 Å². The van der Waals surface area contributed by atoms with E-state index in [4.69, 9.17) is 9.47 Å². The van der Waals surface area contributed by atoms with Crippen molar-refractivity contribution in [3.63, 3.8) is 0 Å². The molecule has 0 spiro atoms. The third-order valence-corrected chi connectivity index (χ3v) is 7.08. The Bertz CT molecular complexity index is 1080. The fourth-order valence-corrected chi connectivity index (χ4v) is 5.55. The van der Waals surface area contributed by atoms with E-state index in [1.54, 1.807) is 18.2 Å². The highest BCUT2D eigenvalue weighted by molar-refractivity contribution is 5.61. The number of ether oxygens (including phenoxy) is 2. The predicted octanol–water partition coefficient (Wildman–Crippen LogP) is 4.22. The number of benzene rings is 1. The molecule has 1 aromatic heterocycles. The summed E-state index contributed by atoms with van der Waals surface area (Å²) in [6.45, 7) is 6.87. The number of anilines is 3. The molecule has 3 aliphatic rings. The number of nitrogens with zero attached hydrogens (tertiary/aromatic N) is 4. The number of halogens is 1. The molecule has 3 saturated heterocycles. The summed E-state index contributed by atoms with van der Waals surface area (Å²) >= 11 is 0. The summed E-state index contributed by atoms with van der Waals surface area (Å²) < 4.78 is 25.8. The van der Waals surface area contributed by atoms with Crippen molar-refractivity contribution in [1.29, 1.82) is 5.26 Å². The molecule has 5 rings (SSSR count). The lowest BCUT2D eigenvalue weighted by Crippen LogP contribution is -2.55. The number of fused-ring (bicyclic) bond motifs is 1. The van der Waals surface area contributed by atoms with Crippen molar-refractivity contribution >= 4 is 17.5 Å². The van der Waals surface area contributed by atoms with Crippen LogP contribution in [0.1, 0.15) is 51.5 Å². The Morgan fingerprint density at radius 2 is 2.21 bits per heavy atom. The Balaban J connectivity index is 1.29. The van der Waals surface area contributed by atoms with Crippen LogP contribution in [0.3, 0.4) is 0 Å². The average molecular weight is 467 g/mol. The van der Waals surface area contributed by atoms with E-state index in [1.807, 2.05) is 0 Å². The molecule has 0 bridgehead atoms. The van der Waals surface area contributed by atoms with Gasteiger partial charge in [-0.1, -0.05) is 0 Å². The van der Waals surface area contributed by atoms with E-state index in [9.17, 15) is 9.65 Å². The normalized spacial score (nSPS) is 26.0. The second kappa shape index (κ2) is 9.35. The first kappa shape index (κ1) is 22.8. The van der Waals surface area contributed by atoms with E-state index in [2.05, 4.69) is 45.4 Å². The molecule has 3 aliphatic heterocycles. The zero-order chi connectivity index (χ0) is 23.7. The molecule has 1 aromatic carbocycles. The first-order valence-electron chi connectivity index (χ1n) is 12.0. The van der Waals surface area contributed by atoms with Crippen molar-refractivity contribution in [3.8, 4) is 11.8 Å². The van der Waals surface area contributed by atoms with Crippen molar-refractivity contribution in [1.82, 2.24) is 14.9 Å². The fourth-order valence-electron chi connectivity index (χ4n) is 5.55. The molecule has 0 unspecified atom stereocenters. The summed E-state index contributed by atoms with van der Waals surface area (Å²) in [7, 11) is 0. The lowest BCUT2D eigenvalue weighted by molar-refractivity contribution is 0.0500. The Labute approximate surface area is 199 Å². The van der Waals surface area contributed by atoms with Gasteiger partial charge < -0.3 is 20.1 Å². The summed E-state index contributed by atoms with van der Waals surface area (Å²) in [5, 5.41) is 16.0. The second-order valence-corrected chi connectivity index (χ2v) is 10.0. The van der Waals surface area contributed by atoms with E-state index in [0.717, 1.165) is 25.8 Å². The summed E-state index contributed by atoms with van der Waals surface area (Å²) in [6, 6.07) is 8.08. The van der Waals surface area contributed by atoms with Crippen molar-refractivity contribution in [3.05, 3.63) is 35.8 Å². The van der Waals surface area contributed by atoms with Gasteiger partial charge in [0.1, 0.15) is 17.9 Å². The minimum atomic E-state index is -0.475. The molecule has 0 aliphatic carbocycles. The largest absolute Gasteiger partial charge is 0.487 e. The van der Waals surface area contributed by atoms with Gasteiger partial charge in [-0.2, -0.15) is 10.2 Å². The third kappa shape index (κ3) is 4.79. The molecular weight excluding hydrogens is 435 g/mol. The number of aromatic nitrogens is 2. The molecule has 180 valence electrons. The smallest absolute Gasteiger partial charge is 0.229 e. The number of hydrogen-bond acceptors (Lipinski definition) is 8. The molecule has 4 heterocycles. The van der Waals surface area contributed by atoms with Gasteiger partial charge in [0, 0.05) is 29.7 Å². The highest BCUT2D eigenvalue weighted by Crippen LogP contribution is 2.38. The van der Waals surface area contributed by atoms with Crippen molar-refractivity contribution in [2.24, 2.45) is 0 Å². The molecule has 34 heavy (non-hydrogen) atoms. The quantitative estimate of drug-likeness (QED) is 0.654. The van der Waals surface area contributed by atoms with Crippen LogP contribution in [0.4, 0.5) is 21.8 Å². The van der Waals surface area contributed by atoms with E-state index in [1.165, 1.54) is 19.0 Å². The maximum atomic E-state index is 14.6. The minimum Gasteiger partial charge on any atom is -0.487 e.